The summed E-state index contributed by atoms with van der Waals surface area (Å²) in [6.07, 6.45) is 1.59. The molecule has 188 valence electrons. The minimum atomic E-state index is -5.02. The van der Waals surface area contributed by atoms with Crippen molar-refractivity contribution >= 4 is 41.1 Å². The molecule has 0 spiro atoms. The zero-order valence-corrected chi connectivity index (χ0v) is 22.0. The van der Waals surface area contributed by atoms with E-state index >= 15 is 0 Å². The summed E-state index contributed by atoms with van der Waals surface area (Å²) >= 11 is 0. The summed E-state index contributed by atoms with van der Waals surface area (Å²) in [5.41, 5.74) is -2.37. The van der Waals surface area contributed by atoms with Crippen molar-refractivity contribution in [2.24, 2.45) is 16.0 Å². The number of hydrogen-bond acceptors (Lipinski definition) is 7. The van der Waals surface area contributed by atoms with Crippen LogP contribution in [0.5, 0.6) is 0 Å². The Morgan fingerprint density at radius 3 is 1.71 bits per heavy atom. The average Bonchev–Trinajstić information content (AvgIpc) is 2.46. The first kappa shape index (κ1) is 30.9. The molecule has 10 nitrogen and oxygen atoms in total. The highest BCUT2D eigenvalue weighted by Gasteiger charge is 2.47. The second kappa shape index (κ2) is 11.3. The molecule has 3 unspecified atom stereocenters. The summed E-state index contributed by atoms with van der Waals surface area (Å²) in [4.78, 5) is 0. The summed E-state index contributed by atoms with van der Waals surface area (Å²) in [6.45, 7) is 7.86. The minimum absolute atomic E-state index is 0.0594. The molecule has 0 aliphatic rings. The first-order valence-corrected chi connectivity index (χ1v) is 16.1. The van der Waals surface area contributed by atoms with Crippen LogP contribution in [-0.2, 0) is 41.1 Å². The fourth-order valence-corrected chi connectivity index (χ4v) is 9.80. The number of sulfonamides is 1. The number of primary sulfonamides is 1. The van der Waals surface area contributed by atoms with Gasteiger partial charge < -0.3 is 0 Å². The Kier molecular flexibility index (Phi) is 11.3. The van der Waals surface area contributed by atoms with Crippen molar-refractivity contribution < 1.29 is 38.6 Å². The number of rotatable bonds is 15. The molecular weight excluding hydrogens is 490 g/mol. The summed E-state index contributed by atoms with van der Waals surface area (Å²) in [6, 6.07) is 0. The molecule has 0 saturated carbocycles. The summed E-state index contributed by atoms with van der Waals surface area (Å²) < 4.78 is 99.4. The van der Waals surface area contributed by atoms with E-state index in [0.29, 0.717) is 24.3 Å². The van der Waals surface area contributed by atoms with E-state index in [2.05, 4.69) is 0 Å². The van der Waals surface area contributed by atoms with Crippen molar-refractivity contribution in [2.45, 2.75) is 83.0 Å². The van der Waals surface area contributed by atoms with Gasteiger partial charge in [-0.2, -0.15) is 16.8 Å². The first-order valence-electron chi connectivity index (χ1n) is 9.95. The summed E-state index contributed by atoms with van der Waals surface area (Å²) in [7, 11) is -15.1. The molecule has 31 heavy (non-hydrogen) atoms. The molecular formula is C17H37NO9S4. The van der Waals surface area contributed by atoms with E-state index < -0.39 is 61.7 Å². The zero-order valence-electron chi connectivity index (χ0n) is 18.8. The molecule has 3 atom stereocenters. The lowest BCUT2D eigenvalue weighted by Gasteiger charge is -2.34. The Bertz CT molecular complexity index is 891. The lowest BCUT2D eigenvalue weighted by molar-refractivity contribution is 0.263. The highest BCUT2D eigenvalue weighted by Crippen LogP contribution is 2.38. The number of nitrogens with two attached hydrogens (primary N) is 1. The van der Waals surface area contributed by atoms with E-state index in [9.17, 15) is 38.6 Å². The van der Waals surface area contributed by atoms with Gasteiger partial charge in [-0.05, 0) is 42.9 Å². The quantitative estimate of drug-likeness (QED) is 0.267. The van der Waals surface area contributed by atoms with Gasteiger partial charge in [0.1, 0.15) is 0 Å². The highest BCUT2D eigenvalue weighted by atomic mass is 32.3. The molecule has 14 heteroatoms. The summed E-state index contributed by atoms with van der Waals surface area (Å²) in [5, 5.41) is 3.81. The number of hydrogen-bond donors (Lipinski definition) is 3. The van der Waals surface area contributed by atoms with Crippen LogP contribution in [0.25, 0.3) is 0 Å². The van der Waals surface area contributed by atoms with Gasteiger partial charge in [-0.25, -0.2) is 13.6 Å². The standard InChI is InChI=1S/C17H37NO9S4/c1-6-12-28(19)13-8-11-16(2,3)14(30(22,23)24)9-7-10-17(4,5)15(29(18,20)21)31(25,26)27/h14-15H,6-13H2,1-5H3,(H2,18,20,21)(H,22,23,24)(H,25,26,27). The van der Waals surface area contributed by atoms with E-state index in [1.807, 2.05) is 6.92 Å². The van der Waals surface area contributed by atoms with E-state index in [4.69, 9.17) is 5.14 Å². The van der Waals surface area contributed by atoms with Crippen molar-refractivity contribution in [2.75, 3.05) is 11.5 Å². The van der Waals surface area contributed by atoms with Crippen molar-refractivity contribution in [3.05, 3.63) is 0 Å². The van der Waals surface area contributed by atoms with Crippen LogP contribution in [0.4, 0.5) is 0 Å². The first-order chi connectivity index (χ1) is 13.7. The molecule has 0 amide bonds. The van der Waals surface area contributed by atoms with Gasteiger partial charge in [0.05, 0.1) is 5.25 Å². The third-order valence-corrected chi connectivity index (χ3v) is 12.5. The molecule has 0 rings (SSSR count). The van der Waals surface area contributed by atoms with Crippen molar-refractivity contribution in [3.63, 3.8) is 0 Å². The van der Waals surface area contributed by atoms with Crippen molar-refractivity contribution in [3.8, 4) is 0 Å². The van der Waals surface area contributed by atoms with Crippen molar-refractivity contribution in [1.29, 1.82) is 0 Å². The normalized spacial score (nSPS) is 17.3. The molecule has 0 radical (unpaired) electrons. The monoisotopic (exact) mass is 527 g/mol. The van der Waals surface area contributed by atoms with Gasteiger partial charge in [-0.15, -0.1) is 0 Å². The molecule has 4 N–H and O–H groups in total. The zero-order chi connectivity index (χ0) is 24.9. The Hall–Kier alpha value is -0.120. The highest BCUT2D eigenvalue weighted by molar-refractivity contribution is 8.05. The molecule has 0 bridgehead atoms. The maximum absolute atomic E-state index is 12.0. The second-order valence-electron chi connectivity index (χ2n) is 9.26. The van der Waals surface area contributed by atoms with E-state index in [-0.39, 0.29) is 19.3 Å². The van der Waals surface area contributed by atoms with Crippen LogP contribution in [-0.4, -0.2) is 59.9 Å². The van der Waals surface area contributed by atoms with E-state index in [0.717, 1.165) is 6.42 Å². The third kappa shape index (κ3) is 10.6. The van der Waals surface area contributed by atoms with E-state index in [1.54, 1.807) is 13.8 Å². The molecule has 0 aromatic heterocycles. The van der Waals surface area contributed by atoms with Crippen LogP contribution in [0.2, 0.25) is 0 Å². The maximum atomic E-state index is 12.0. The average molecular weight is 528 g/mol. The van der Waals surface area contributed by atoms with Gasteiger partial charge in [0.25, 0.3) is 20.2 Å². The summed E-state index contributed by atoms with van der Waals surface area (Å²) in [5.74, 6) is 0.989. The molecule has 0 aliphatic heterocycles. The van der Waals surface area contributed by atoms with Gasteiger partial charge >= 0.3 is 0 Å². The van der Waals surface area contributed by atoms with Crippen LogP contribution in [0, 0.1) is 10.8 Å². The Labute approximate surface area is 189 Å². The van der Waals surface area contributed by atoms with Gasteiger partial charge in [0.2, 0.25) is 14.6 Å². The third-order valence-electron chi connectivity index (χ3n) is 5.35. The van der Waals surface area contributed by atoms with Crippen LogP contribution in [0.3, 0.4) is 0 Å². The van der Waals surface area contributed by atoms with Crippen LogP contribution < -0.4 is 5.14 Å². The molecule has 0 aliphatic carbocycles. The van der Waals surface area contributed by atoms with Crippen LogP contribution >= 0.6 is 0 Å². The predicted octanol–water partition coefficient (Wildman–Crippen LogP) is 1.91. The molecule has 0 saturated heterocycles. The van der Waals surface area contributed by atoms with Gasteiger partial charge in [-0.3, -0.25) is 13.3 Å². The maximum Gasteiger partial charge on any atom is 0.284 e. The van der Waals surface area contributed by atoms with Gasteiger partial charge in [0.15, 0.2) is 0 Å². The Morgan fingerprint density at radius 1 is 0.839 bits per heavy atom. The van der Waals surface area contributed by atoms with Gasteiger partial charge in [-0.1, -0.05) is 41.0 Å². The fourth-order valence-electron chi connectivity index (χ4n) is 4.00. The SMILES string of the molecule is CCCS(=O)CCCC(C)(C)C(CCCC(C)(C)C(S(N)(=O)=O)S(=O)(=O)O)S(=O)(=O)O. The van der Waals surface area contributed by atoms with E-state index in [1.165, 1.54) is 13.8 Å². The largest absolute Gasteiger partial charge is 0.285 e. The van der Waals surface area contributed by atoms with Crippen LogP contribution in [0.15, 0.2) is 0 Å². The van der Waals surface area contributed by atoms with Crippen molar-refractivity contribution in [1.82, 2.24) is 0 Å². The van der Waals surface area contributed by atoms with Crippen LogP contribution in [0.1, 0.15) is 73.1 Å². The fraction of sp³-hybridized carbons (Fsp3) is 1.00. The molecule has 0 aromatic rings. The topological polar surface area (TPSA) is 186 Å². The lowest BCUT2D eigenvalue weighted by Crippen LogP contribution is -2.46. The second-order valence-corrected chi connectivity index (χ2v) is 16.0. The Balaban J connectivity index is 5.39. The smallest absolute Gasteiger partial charge is 0.284 e. The molecule has 0 aromatic carbocycles. The lowest BCUT2D eigenvalue weighted by atomic mass is 9.80. The minimum Gasteiger partial charge on any atom is -0.285 e. The molecule has 0 fully saturated rings. The van der Waals surface area contributed by atoms with Gasteiger partial charge in [0, 0.05) is 22.3 Å². The predicted molar refractivity (Wildman–Crippen MR) is 123 cm³/mol. The molecule has 0 heterocycles. The Morgan fingerprint density at radius 2 is 1.32 bits per heavy atom.